The van der Waals surface area contributed by atoms with Crippen LogP contribution in [-0.2, 0) is 29.3 Å². The van der Waals surface area contributed by atoms with E-state index in [1.807, 2.05) is 44.2 Å². The summed E-state index contributed by atoms with van der Waals surface area (Å²) in [5, 5.41) is 60.6. The van der Waals surface area contributed by atoms with Gasteiger partial charge in [-0.2, -0.15) is 0 Å². The lowest BCUT2D eigenvalue weighted by molar-refractivity contribution is -0.824. The molecule has 7 rings (SSSR count). The molecule has 3 fully saturated rings. The first-order valence-corrected chi connectivity index (χ1v) is 16.6. The van der Waals surface area contributed by atoms with Crippen molar-refractivity contribution in [3.63, 3.8) is 0 Å². The Hall–Kier alpha value is -4.05. The largest absolute Gasteiger partial charge is 0.508 e. The summed E-state index contributed by atoms with van der Waals surface area (Å²) < 4.78 is 13.2. The topological polar surface area (TPSA) is 186 Å². The van der Waals surface area contributed by atoms with E-state index < -0.39 is 81.7 Å². The fourth-order valence-electron chi connectivity index (χ4n) is 9.60. The van der Waals surface area contributed by atoms with Crippen LogP contribution in [0.25, 0.3) is 5.76 Å². The average Bonchev–Trinajstić information content (AvgIpc) is 3.46. The van der Waals surface area contributed by atoms with E-state index in [0.717, 1.165) is 5.46 Å². The number of fused-ring (bicyclic) bond motifs is 4. The molecule has 49 heavy (non-hydrogen) atoms. The summed E-state index contributed by atoms with van der Waals surface area (Å²) in [6.45, 7) is 4.10. The summed E-state index contributed by atoms with van der Waals surface area (Å²) in [7, 11) is 3.11. The van der Waals surface area contributed by atoms with Crippen LogP contribution in [0, 0.1) is 11.8 Å². The molecule has 0 aromatic heterocycles. The lowest BCUT2D eigenvalue weighted by Gasteiger charge is -2.53. The number of aliphatic hydroxyl groups is 4. The van der Waals surface area contributed by atoms with Gasteiger partial charge in [0.05, 0.1) is 42.5 Å². The summed E-state index contributed by atoms with van der Waals surface area (Å²) >= 11 is 0. The minimum absolute atomic E-state index is 0.0398. The van der Waals surface area contributed by atoms with E-state index in [1.54, 1.807) is 14.1 Å². The van der Waals surface area contributed by atoms with E-state index in [4.69, 9.17) is 9.31 Å². The third kappa shape index (κ3) is 4.38. The van der Waals surface area contributed by atoms with Crippen molar-refractivity contribution in [1.29, 1.82) is 0 Å². The highest BCUT2D eigenvalue weighted by atomic mass is 16.7. The number of quaternary nitrogens is 1. The van der Waals surface area contributed by atoms with E-state index >= 15 is 0 Å². The van der Waals surface area contributed by atoms with Gasteiger partial charge in [-0.3, -0.25) is 19.3 Å². The highest BCUT2D eigenvalue weighted by molar-refractivity contribution is 6.75. The van der Waals surface area contributed by atoms with Crippen LogP contribution in [0.4, 0.5) is 0 Å². The molecule has 2 aromatic carbocycles. The van der Waals surface area contributed by atoms with Gasteiger partial charge in [0.25, 0.3) is 5.91 Å². The number of hydrogen-bond donors (Lipinski definition) is 6. The van der Waals surface area contributed by atoms with Gasteiger partial charge in [-0.25, -0.2) is 0 Å². The maximum absolute atomic E-state index is 14.4. The summed E-state index contributed by atoms with van der Waals surface area (Å²) in [5.74, 6) is -7.55. The lowest BCUT2D eigenvalue weighted by Crippen LogP contribution is -2.72. The Bertz CT molecular complexity index is 1830. The molecule has 2 aliphatic heterocycles. The van der Waals surface area contributed by atoms with E-state index in [9.17, 15) is 39.9 Å². The van der Waals surface area contributed by atoms with Crippen molar-refractivity contribution in [3.05, 3.63) is 76.6 Å². The van der Waals surface area contributed by atoms with Crippen LogP contribution in [-0.4, -0.2) is 117 Å². The summed E-state index contributed by atoms with van der Waals surface area (Å²) in [6, 6.07) is 12.5. The molecule has 6 N–H and O–H groups in total. The highest BCUT2D eigenvalue weighted by Crippen LogP contribution is 2.57. The number of carbonyl (C=O) groups is 3. The van der Waals surface area contributed by atoms with E-state index in [-0.39, 0.29) is 40.8 Å². The molecule has 260 valence electrons. The minimum atomic E-state index is -2.81. The Morgan fingerprint density at radius 2 is 1.63 bits per heavy atom. The van der Waals surface area contributed by atoms with Gasteiger partial charge in [-0.05, 0) is 52.9 Å². The number of nitrogens with zero attached hydrogens (tertiary/aromatic N) is 2. The third-order valence-electron chi connectivity index (χ3n) is 11.6. The second-order valence-electron chi connectivity index (χ2n) is 14.8. The molecule has 2 heterocycles. The van der Waals surface area contributed by atoms with Gasteiger partial charge in [0, 0.05) is 17.4 Å². The molecule has 1 saturated carbocycles. The molecule has 7 unspecified atom stereocenters. The summed E-state index contributed by atoms with van der Waals surface area (Å²) in [6.07, 6.45) is -0.664. The molecule has 2 saturated heterocycles. The number of amides is 1. The Kier molecular flexibility index (Phi) is 7.49. The molecule has 13 nitrogen and oxygen atoms in total. The van der Waals surface area contributed by atoms with Crippen LogP contribution in [0.5, 0.6) is 5.75 Å². The van der Waals surface area contributed by atoms with Crippen molar-refractivity contribution >= 4 is 35.4 Å². The SMILES string of the molecule is CC1C[N+]2(CNC(=O)C3=C(O)C4(O)C(=O)C5=C(O)c6c(O)cccc6C(C)(O)C5CC4C(N(C)C)C3=O)CC(C)O[B-]2(c2ccccc2)O1. The molecule has 14 heteroatoms. The van der Waals surface area contributed by atoms with Crippen molar-refractivity contribution in [3.8, 4) is 5.75 Å². The molecular weight excluding hydrogens is 633 g/mol. The maximum Gasteiger partial charge on any atom is 0.504 e. The lowest BCUT2D eigenvalue weighted by atomic mass is 9.54. The van der Waals surface area contributed by atoms with Crippen molar-refractivity contribution in [2.24, 2.45) is 11.8 Å². The molecule has 7 atom stereocenters. The Morgan fingerprint density at radius 1 is 1.00 bits per heavy atom. The second-order valence-corrected chi connectivity index (χ2v) is 14.8. The second kappa shape index (κ2) is 11.0. The molecular formula is C35H42BN3O10. The van der Waals surface area contributed by atoms with Crippen molar-refractivity contribution in [2.75, 3.05) is 33.9 Å². The number of phenols is 1. The highest BCUT2D eigenvalue weighted by Gasteiger charge is 2.67. The molecule has 2 aromatic rings. The van der Waals surface area contributed by atoms with Gasteiger partial charge in [-0.15, -0.1) is 0 Å². The number of benzene rings is 2. The maximum atomic E-state index is 14.4. The number of carbonyl (C=O) groups excluding carboxylic acids is 3. The number of Topliss-reactive ketones (excluding diaryl/α,β-unsaturated/α-hetero) is 2. The molecule has 0 radical (unpaired) electrons. The average molecular weight is 676 g/mol. The number of aromatic hydroxyl groups is 1. The van der Waals surface area contributed by atoms with Gasteiger partial charge in [-0.1, -0.05) is 47.9 Å². The first-order valence-electron chi connectivity index (χ1n) is 16.6. The number of nitrogens with one attached hydrogen (secondary N) is 1. The Balaban J connectivity index is 1.30. The zero-order valence-electron chi connectivity index (χ0n) is 28.1. The van der Waals surface area contributed by atoms with Gasteiger partial charge in [0.2, 0.25) is 5.78 Å². The van der Waals surface area contributed by atoms with Crippen LogP contribution >= 0.6 is 0 Å². The van der Waals surface area contributed by atoms with Crippen molar-refractivity contribution < 1.29 is 53.6 Å². The fraction of sp³-hybridized carbons (Fsp3) is 0.457. The first-order chi connectivity index (χ1) is 23.0. The number of phenolic OH excluding ortho intramolecular Hbond substituents is 1. The standard InChI is InChI=1S/C35H42BN3O10/c1-18-15-39(16-19(2)49-36(39,48-18)20-10-7-6-8-11-20)17-37-33(45)27-30(42)28(38(4)5)23-14-22-26(31(43)35(23,47)32(27)44)29(41)25-21(34(22,3)46)12-9-13-24(25)40/h6-13,18-19,22-23,28,40-41,44,46-47H,14-17H2,1-5H3,(H,37,45). The number of hydrogen-bond acceptors (Lipinski definition) is 11. The van der Waals surface area contributed by atoms with Crippen molar-refractivity contribution in [2.45, 2.75) is 56.6 Å². The Labute approximate surface area is 283 Å². The zero-order chi connectivity index (χ0) is 35.4. The van der Waals surface area contributed by atoms with Gasteiger partial charge >= 0.3 is 6.69 Å². The molecule has 5 aliphatic rings. The van der Waals surface area contributed by atoms with Crippen LogP contribution < -0.4 is 10.8 Å². The number of ketones is 2. The summed E-state index contributed by atoms with van der Waals surface area (Å²) in [4.78, 5) is 44.2. The number of likely N-dealkylation sites (N-methyl/N-ethyl adjacent to an activating group) is 1. The monoisotopic (exact) mass is 675 g/mol. The minimum Gasteiger partial charge on any atom is -0.508 e. The van der Waals surface area contributed by atoms with Crippen LogP contribution in [0.3, 0.4) is 0 Å². The van der Waals surface area contributed by atoms with Gasteiger partial charge in [0.1, 0.15) is 29.5 Å². The fourth-order valence-corrected chi connectivity index (χ4v) is 9.60. The van der Waals surface area contributed by atoms with E-state index in [1.165, 1.54) is 30.0 Å². The summed E-state index contributed by atoms with van der Waals surface area (Å²) in [5.41, 5.74) is -4.99. The van der Waals surface area contributed by atoms with Gasteiger partial charge < -0.3 is 44.6 Å². The van der Waals surface area contributed by atoms with Crippen LogP contribution in [0.2, 0.25) is 0 Å². The smallest absolute Gasteiger partial charge is 0.504 e. The Morgan fingerprint density at radius 3 is 2.24 bits per heavy atom. The molecule has 0 spiro atoms. The van der Waals surface area contributed by atoms with Crippen LogP contribution in [0.15, 0.2) is 65.4 Å². The molecule has 1 amide bonds. The number of aliphatic hydroxyl groups excluding tert-OH is 2. The van der Waals surface area contributed by atoms with E-state index in [2.05, 4.69) is 5.32 Å². The van der Waals surface area contributed by atoms with Gasteiger partial charge in [0.15, 0.2) is 11.4 Å². The normalized spacial score (nSPS) is 38.3. The zero-order valence-corrected chi connectivity index (χ0v) is 28.1. The third-order valence-corrected chi connectivity index (χ3v) is 11.6. The molecule has 0 bridgehead atoms. The van der Waals surface area contributed by atoms with Crippen molar-refractivity contribution in [1.82, 2.24) is 10.2 Å². The first kappa shape index (κ1) is 33.5. The van der Waals surface area contributed by atoms with Crippen LogP contribution in [0.1, 0.15) is 38.3 Å². The van der Waals surface area contributed by atoms with E-state index in [0.29, 0.717) is 13.1 Å². The molecule has 3 aliphatic carbocycles. The quantitative estimate of drug-likeness (QED) is 0.194. The number of rotatable bonds is 5. The predicted molar refractivity (Wildman–Crippen MR) is 177 cm³/mol. The predicted octanol–water partition coefficient (Wildman–Crippen LogP) is 0.718.